The van der Waals surface area contributed by atoms with Crippen molar-refractivity contribution >= 4 is 23.6 Å². The molecule has 0 fully saturated rings. The summed E-state index contributed by atoms with van der Waals surface area (Å²) in [6.45, 7) is 2.50. The Hall–Kier alpha value is -2.14. The van der Waals surface area contributed by atoms with E-state index >= 15 is 0 Å². The van der Waals surface area contributed by atoms with E-state index in [1.54, 1.807) is 36.0 Å². The molecule has 2 amide bonds. The van der Waals surface area contributed by atoms with Crippen LogP contribution in [0.15, 0.2) is 47.6 Å². The maximum absolute atomic E-state index is 12.2. The van der Waals surface area contributed by atoms with Gasteiger partial charge in [-0.05, 0) is 49.3 Å². The van der Waals surface area contributed by atoms with Gasteiger partial charge >= 0.3 is 0 Å². The number of hydrogen-bond acceptors (Lipinski definition) is 4. The number of imide groups is 1. The van der Waals surface area contributed by atoms with Crippen LogP contribution in [0.3, 0.4) is 0 Å². The van der Waals surface area contributed by atoms with Gasteiger partial charge in [0.15, 0.2) is 0 Å². The molecule has 1 aliphatic heterocycles. The van der Waals surface area contributed by atoms with Crippen LogP contribution in [-0.2, 0) is 0 Å². The van der Waals surface area contributed by atoms with Crippen LogP contribution in [0.25, 0.3) is 0 Å². The molecule has 5 heteroatoms. The molecule has 0 unspecified atom stereocenters. The first-order valence-corrected chi connectivity index (χ1v) is 8.66. The Morgan fingerprint density at radius 3 is 2.30 bits per heavy atom. The number of aromatic nitrogens is 1. The van der Waals surface area contributed by atoms with Crippen molar-refractivity contribution in [1.29, 1.82) is 0 Å². The Morgan fingerprint density at radius 1 is 1.00 bits per heavy atom. The van der Waals surface area contributed by atoms with Crippen LogP contribution in [0, 0.1) is 6.92 Å². The molecule has 3 rings (SSSR count). The van der Waals surface area contributed by atoms with E-state index in [4.69, 9.17) is 0 Å². The van der Waals surface area contributed by atoms with Crippen molar-refractivity contribution in [2.24, 2.45) is 0 Å². The van der Waals surface area contributed by atoms with Crippen LogP contribution < -0.4 is 0 Å². The average Bonchev–Trinajstić information content (AvgIpc) is 2.81. The molecule has 0 aliphatic carbocycles. The highest BCUT2D eigenvalue weighted by Crippen LogP contribution is 2.23. The summed E-state index contributed by atoms with van der Waals surface area (Å²) in [4.78, 5) is 30.1. The summed E-state index contributed by atoms with van der Waals surface area (Å²) in [5.74, 6) is 0.594. The number of hydrogen-bond donors (Lipinski definition) is 0. The SMILES string of the molecule is Cc1ccc(SCCCCN2C(=O)c3ccccc3C2=O)nc1. The summed E-state index contributed by atoms with van der Waals surface area (Å²) in [7, 11) is 0. The smallest absolute Gasteiger partial charge is 0.261 e. The number of nitrogens with zero attached hydrogens (tertiary/aromatic N) is 2. The number of thioether (sulfide) groups is 1. The zero-order valence-corrected chi connectivity index (χ0v) is 13.8. The van der Waals surface area contributed by atoms with Crippen LogP contribution >= 0.6 is 11.8 Å². The fraction of sp³-hybridized carbons (Fsp3) is 0.278. The van der Waals surface area contributed by atoms with E-state index in [1.165, 1.54) is 4.90 Å². The predicted molar refractivity (Wildman–Crippen MR) is 90.7 cm³/mol. The van der Waals surface area contributed by atoms with Crippen molar-refractivity contribution < 1.29 is 9.59 Å². The molecule has 1 aliphatic rings. The van der Waals surface area contributed by atoms with Gasteiger partial charge < -0.3 is 0 Å². The molecule has 0 saturated heterocycles. The molecule has 0 N–H and O–H groups in total. The third kappa shape index (κ3) is 3.45. The van der Waals surface area contributed by atoms with Gasteiger partial charge in [0.1, 0.15) is 0 Å². The van der Waals surface area contributed by atoms with Crippen molar-refractivity contribution in [3.63, 3.8) is 0 Å². The first kappa shape index (κ1) is 15.7. The van der Waals surface area contributed by atoms with E-state index in [-0.39, 0.29) is 11.8 Å². The monoisotopic (exact) mass is 326 g/mol. The minimum Gasteiger partial charge on any atom is -0.274 e. The topological polar surface area (TPSA) is 50.3 Å². The number of fused-ring (bicyclic) bond motifs is 1. The predicted octanol–water partition coefficient (Wildman–Crippen LogP) is 3.56. The van der Waals surface area contributed by atoms with Crippen LogP contribution in [0.2, 0.25) is 0 Å². The first-order valence-electron chi connectivity index (χ1n) is 7.67. The highest BCUT2D eigenvalue weighted by Gasteiger charge is 2.34. The molecule has 1 aromatic carbocycles. The molecule has 0 spiro atoms. The minimum absolute atomic E-state index is 0.168. The quantitative estimate of drug-likeness (QED) is 0.463. The van der Waals surface area contributed by atoms with E-state index in [0.29, 0.717) is 17.7 Å². The fourth-order valence-electron chi connectivity index (χ4n) is 2.53. The van der Waals surface area contributed by atoms with Crippen LogP contribution in [-0.4, -0.2) is 34.0 Å². The third-order valence-electron chi connectivity index (χ3n) is 3.79. The molecule has 2 aromatic rings. The summed E-state index contributed by atoms with van der Waals surface area (Å²) in [6.07, 6.45) is 3.61. The highest BCUT2D eigenvalue weighted by atomic mass is 32.2. The van der Waals surface area contributed by atoms with Crippen LogP contribution in [0.1, 0.15) is 39.1 Å². The Kier molecular flexibility index (Phi) is 4.76. The number of carbonyl (C=O) groups is 2. The summed E-state index contributed by atoms with van der Waals surface area (Å²) < 4.78 is 0. The number of amides is 2. The van der Waals surface area contributed by atoms with Gasteiger partial charge in [-0.15, -0.1) is 11.8 Å². The molecule has 0 radical (unpaired) electrons. The van der Waals surface area contributed by atoms with E-state index in [1.807, 2.05) is 25.3 Å². The normalized spacial score (nSPS) is 13.5. The van der Waals surface area contributed by atoms with Gasteiger partial charge in [-0.2, -0.15) is 0 Å². The van der Waals surface area contributed by atoms with Gasteiger partial charge in [-0.1, -0.05) is 18.2 Å². The third-order valence-corrected chi connectivity index (χ3v) is 4.82. The Morgan fingerprint density at radius 2 is 1.70 bits per heavy atom. The molecule has 23 heavy (non-hydrogen) atoms. The van der Waals surface area contributed by atoms with Gasteiger partial charge in [-0.3, -0.25) is 14.5 Å². The number of aryl methyl sites for hydroxylation is 1. The summed E-state index contributed by atoms with van der Waals surface area (Å²) in [5.41, 5.74) is 2.20. The van der Waals surface area contributed by atoms with E-state index < -0.39 is 0 Å². The van der Waals surface area contributed by atoms with Gasteiger partial charge in [0, 0.05) is 12.7 Å². The lowest BCUT2D eigenvalue weighted by molar-refractivity contribution is 0.0652. The van der Waals surface area contributed by atoms with Crippen molar-refractivity contribution in [2.75, 3.05) is 12.3 Å². The maximum atomic E-state index is 12.2. The molecular formula is C18H18N2O2S. The number of carbonyl (C=O) groups excluding carboxylic acids is 2. The molecule has 2 heterocycles. The van der Waals surface area contributed by atoms with Crippen molar-refractivity contribution in [2.45, 2.75) is 24.8 Å². The zero-order valence-electron chi connectivity index (χ0n) is 13.0. The average molecular weight is 326 g/mol. The number of benzene rings is 1. The molecule has 1 aromatic heterocycles. The second-order valence-corrected chi connectivity index (χ2v) is 6.65. The lowest BCUT2D eigenvalue weighted by atomic mass is 10.1. The Bertz CT molecular complexity index is 693. The molecule has 0 atom stereocenters. The van der Waals surface area contributed by atoms with E-state index in [9.17, 15) is 9.59 Å². The zero-order chi connectivity index (χ0) is 16.2. The van der Waals surface area contributed by atoms with Gasteiger partial charge in [0.2, 0.25) is 0 Å². The van der Waals surface area contributed by atoms with Crippen LogP contribution in [0.4, 0.5) is 0 Å². The summed E-state index contributed by atoms with van der Waals surface area (Å²) in [6, 6.07) is 11.1. The minimum atomic E-state index is -0.168. The van der Waals surface area contributed by atoms with Gasteiger partial charge in [-0.25, -0.2) is 4.98 Å². The van der Waals surface area contributed by atoms with Gasteiger partial charge in [0.25, 0.3) is 11.8 Å². The number of unbranched alkanes of at least 4 members (excludes halogenated alkanes) is 1. The molecule has 0 saturated carbocycles. The van der Waals surface area contributed by atoms with E-state index in [0.717, 1.165) is 29.2 Å². The molecular weight excluding hydrogens is 308 g/mol. The Balaban J connectivity index is 1.46. The lowest BCUT2D eigenvalue weighted by Gasteiger charge is -2.13. The summed E-state index contributed by atoms with van der Waals surface area (Å²) in [5, 5.41) is 1.01. The van der Waals surface area contributed by atoms with Crippen molar-refractivity contribution in [3.8, 4) is 0 Å². The maximum Gasteiger partial charge on any atom is 0.261 e. The standard InChI is InChI=1S/C18H18N2O2S/c1-13-8-9-16(19-12-13)23-11-5-4-10-20-17(21)14-6-2-3-7-15(14)18(20)22/h2-3,6-9,12H,4-5,10-11H2,1H3. The number of rotatable bonds is 6. The van der Waals surface area contributed by atoms with Gasteiger partial charge in [0.05, 0.1) is 16.2 Å². The highest BCUT2D eigenvalue weighted by molar-refractivity contribution is 7.99. The number of pyridine rings is 1. The van der Waals surface area contributed by atoms with Crippen molar-refractivity contribution in [1.82, 2.24) is 9.88 Å². The molecule has 118 valence electrons. The summed E-state index contributed by atoms with van der Waals surface area (Å²) >= 11 is 1.70. The molecule has 0 bridgehead atoms. The fourth-order valence-corrected chi connectivity index (χ4v) is 3.38. The van der Waals surface area contributed by atoms with Crippen LogP contribution in [0.5, 0.6) is 0 Å². The Labute approximate surface area is 139 Å². The second kappa shape index (κ2) is 6.96. The first-order chi connectivity index (χ1) is 11.2. The largest absolute Gasteiger partial charge is 0.274 e. The van der Waals surface area contributed by atoms with E-state index in [2.05, 4.69) is 4.98 Å². The second-order valence-electron chi connectivity index (χ2n) is 5.54. The lowest BCUT2D eigenvalue weighted by Crippen LogP contribution is -2.30. The van der Waals surface area contributed by atoms with Crippen molar-refractivity contribution in [3.05, 3.63) is 59.3 Å². The molecule has 4 nitrogen and oxygen atoms in total.